The molecule has 124 valence electrons. The van der Waals surface area contributed by atoms with Crippen molar-refractivity contribution in [3.63, 3.8) is 0 Å². The van der Waals surface area contributed by atoms with Gasteiger partial charge in [-0.3, -0.25) is 0 Å². The lowest BCUT2D eigenvalue weighted by molar-refractivity contribution is -0.140. The van der Waals surface area contributed by atoms with Crippen LogP contribution in [0.25, 0.3) is 0 Å². The predicted octanol–water partition coefficient (Wildman–Crippen LogP) is 3.62. The quantitative estimate of drug-likeness (QED) is 0.662. The SMILES string of the molecule is OC1CCN(CCCCc2cccc(C(F)(F)F)c2F)CC1. The molecule has 2 nitrogen and oxygen atoms in total. The van der Waals surface area contributed by atoms with Crippen LogP contribution in [0.15, 0.2) is 18.2 Å². The van der Waals surface area contributed by atoms with Gasteiger partial charge in [-0.1, -0.05) is 12.1 Å². The van der Waals surface area contributed by atoms with E-state index in [2.05, 4.69) is 4.90 Å². The van der Waals surface area contributed by atoms with Gasteiger partial charge < -0.3 is 10.0 Å². The van der Waals surface area contributed by atoms with Gasteiger partial charge >= 0.3 is 6.18 Å². The summed E-state index contributed by atoms with van der Waals surface area (Å²) in [5.41, 5.74) is -1.06. The summed E-state index contributed by atoms with van der Waals surface area (Å²) in [5, 5.41) is 9.41. The molecular formula is C16H21F4NO. The molecule has 1 aromatic carbocycles. The number of likely N-dealkylation sites (tertiary alicyclic amines) is 1. The molecule has 0 radical (unpaired) electrons. The molecule has 22 heavy (non-hydrogen) atoms. The van der Waals surface area contributed by atoms with Crippen molar-refractivity contribution in [3.8, 4) is 0 Å². The lowest BCUT2D eigenvalue weighted by atomic mass is 10.0. The Hall–Kier alpha value is -1.14. The van der Waals surface area contributed by atoms with Crippen LogP contribution in [0.2, 0.25) is 0 Å². The first-order valence-electron chi connectivity index (χ1n) is 7.63. The highest BCUT2D eigenvalue weighted by Crippen LogP contribution is 2.32. The zero-order valence-electron chi connectivity index (χ0n) is 12.4. The summed E-state index contributed by atoms with van der Waals surface area (Å²) in [6.07, 6.45) is -1.55. The molecular weight excluding hydrogens is 298 g/mol. The van der Waals surface area contributed by atoms with Gasteiger partial charge in [0.15, 0.2) is 0 Å². The number of alkyl halides is 3. The van der Waals surface area contributed by atoms with Crippen molar-refractivity contribution in [3.05, 3.63) is 35.1 Å². The zero-order chi connectivity index (χ0) is 16.2. The second-order valence-corrected chi connectivity index (χ2v) is 5.81. The molecule has 0 aliphatic carbocycles. The number of hydrogen-bond acceptors (Lipinski definition) is 2. The summed E-state index contributed by atoms with van der Waals surface area (Å²) in [5.74, 6) is -1.14. The van der Waals surface area contributed by atoms with Gasteiger partial charge in [0.25, 0.3) is 0 Å². The molecule has 6 heteroatoms. The Bertz CT molecular complexity index is 482. The third kappa shape index (κ3) is 4.68. The van der Waals surface area contributed by atoms with Gasteiger partial charge in [-0.05, 0) is 50.3 Å². The first-order chi connectivity index (χ1) is 10.4. The number of piperidine rings is 1. The lowest BCUT2D eigenvalue weighted by Gasteiger charge is -2.29. The van der Waals surface area contributed by atoms with E-state index in [4.69, 9.17) is 0 Å². The number of rotatable bonds is 5. The summed E-state index contributed by atoms with van der Waals surface area (Å²) in [7, 11) is 0. The standard InChI is InChI=1S/C16H21F4NO/c17-15-12(5-3-6-14(15)16(18,19)20)4-1-2-9-21-10-7-13(22)8-11-21/h3,5-6,13,22H,1-2,4,7-11H2. The van der Waals surface area contributed by atoms with E-state index in [1.165, 1.54) is 12.1 Å². The fourth-order valence-electron chi connectivity index (χ4n) is 2.79. The molecule has 1 fully saturated rings. The van der Waals surface area contributed by atoms with Crippen LogP contribution in [0, 0.1) is 5.82 Å². The Morgan fingerprint density at radius 1 is 1.14 bits per heavy atom. The maximum Gasteiger partial charge on any atom is 0.419 e. The Kier molecular flexibility index (Phi) is 5.81. The van der Waals surface area contributed by atoms with Crippen molar-refractivity contribution < 1.29 is 22.7 Å². The summed E-state index contributed by atoms with van der Waals surface area (Å²) in [4.78, 5) is 2.23. The van der Waals surface area contributed by atoms with E-state index in [9.17, 15) is 22.7 Å². The number of halogens is 4. The second-order valence-electron chi connectivity index (χ2n) is 5.81. The average Bonchev–Trinajstić information content (AvgIpc) is 2.45. The number of hydrogen-bond donors (Lipinski definition) is 1. The molecule has 2 rings (SSSR count). The Morgan fingerprint density at radius 3 is 2.45 bits per heavy atom. The van der Waals surface area contributed by atoms with Crippen LogP contribution in [-0.4, -0.2) is 35.7 Å². The fourth-order valence-corrected chi connectivity index (χ4v) is 2.79. The minimum absolute atomic E-state index is 0.129. The summed E-state index contributed by atoms with van der Waals surface area (Å²) >= 11 is 0. The second kappa shape index (κ2) is 7.42. The fraction of sp³-hybridized carbons (Fsp3) is 0.625. The molecule has 1 aliphatic heterocycles. The number of aryl methyl sites for hydroxylation is 1. The van der Waals surface area contributed by atoms with E-state index in [1.54, 1.807) is 0 Å². The molecule has 1 saturated heterocycles. The van der Waals surface area contributed by atoms with E-state index in [0.29, 0.717) is 12.8 Å². The van der Waals surface area contributed by atoms with E-state index in [-0.39, 0.29) is 11.7 Å². The molecule has 0 atom stereocenters. The van der Waals surface area contributed by atoms with Gasteiger partial charge in [-0.2, -0.15) is 13.2 Å². The number of nitrogens with zero attached hydrogens (tertiary/aromatic N) is 1. The van der Waals surface area contributed by atoms with Crippen LogP contribution in [0.3, 0.4) is 0 Å². The van der Waals surface area contributed by atoms with Crippen LogP contribution in [-0.2, 0) is 12.6 Å². The monoisotopic (exact) mass is 319 g/mol. The van der Waals surface area contributed by atoms with E-state index >= 15 is 0 Å². The Labute approximate surface area is 127 Å². The van der Waals surface area contributed by atoms with E-state index in [1.807, 2.05) is 0 Å². The van der Waals surface area contributed by atoms with Gasteiger partial charge in [-0.15, -0.1) is 0 Å². The van der Waals surface area contributed by atoms with Crippen molar-refractivity contribution >= 4 is 0 Å². The highest BCUT2D eigenvalue weighted by molar-refractivity contribution is 5.28. The lowest BCUT2D eigenvalue weighted by Crippen LogP contribution is -2.36. The molecule has 0 spiro atoms. The van der Waals surface area contributed by atoms with Gasteiger partial charge in [0.1, 0.15) is 5.82 Å². The van der Waals surface area contributed by atoms with Gasteiger partial charge in [0.05, 0.1) is 11.7 Å². The molecule has 0 saturated carbocycles. The van der Waals surface area contributed by atoms with Crippen molar-refractivity contribution in [2.24, 2.45) is 0 Å². The van der Waals surface area contributed by atoms with Crippen LogP contribution >= 0.6 is 0 Å². The average molecular weight is 319 g/mol. The van der Waals surface area contributed by atoms with Gasteiger partial charge in [-0.25, -0.2) is 4.39 Å². The third-order valence-corrected chi connectivity index (χ3v) is 4.11. The van der Waals surface area contributed by atoms with Gasteiger partial charge in [0.2, 0.25) is 0 Å². The Morgan fingerprint density at radius 2 is 1.82 bits per heavy atom. The first kappa shape index (κ1) is 17.2. The largest absolute Gasteiger partial charge is 0.419 e. The van der Waals surface area contributed by atoms with E-state index in [0.717, 1.165) is 45.0 Å². The van der Waals surface area contributed by atoms with Crippen molar-refractivity contribution in [2.45, 2.75) is 44.4 Å². The minimum atomic E-state index is -4.64. The molecule has 1 aromatic rings. The normalized spacial score (nSPS) is 17.9. The minimum Gasteiger partial charge on any atom is -0.393 e. The van der Waals surface area contributed by atoms with Crippen LogP contribution in [0.1, 0.15) is 36.8 Å². The van der Waals surface area contributed by atoms with Gasteiger partial charge in [0, 0.05) is 13.1 Å². The maximum atomic E-state index is 13.8. The number of aliphatic hydroxyl groups excluding tert-OH is 1. The maximum absolute atomic E-state index is 13.8. The number of benzene rings is 1. The highest BCUT2D eigenvalue weighted by Gasteiger charge is 2.34. The molecule has 1 heterocycles. The molecule has 0 unspecified atom stereocenters. The first-order valence-corrected chi connectivity index (χ1v) is 7.63. The highest BCUT2D eigenvalue weighted by atomic mass is 19.4. The molecule has 1 N–H and O–H groups in total. The topological polar surface area (TPSA) is 23.5 Å². The molecule has 1 aliphatic rings. The van der Waals surface area contributed by atoms with Crippen LogP contribution < -0.4 is 0 Å². The van der Waals surface area contributed by atoms with E-state index < -0.39 is 17.6 Å². The smallest absolute Gasteiger partial charge is 0.393 e. The molecule has 0 bridgehead atoms. The number of unbranched alkanes of at least 4 members (excludes halogenated alkanes) is 1. The number of aliphatic hydroxyl groups is 1. The third-order valence-electron chi connectivity index (χ3n) is 4.11. The van der Waals surface area contributed by atoms with Crippen molar-refractivity contribution in [1.82, 2.24) is 4.90 Å². The molecule has 0 amide bonds. The summed E-state index contributed by atoms with van der Waals surface area (Å²) in [6, 6.07) is 3.45. The summed E-state index contributed by atoms with van der Waals surface area (Å²) < 4.78 is 51.7. The predicted molar refractivity (Wildman–Crippen MR) is 76.0 cm³/mol. The van der Waals surface area contributed by atoms with Crippen molar-refractivity contribution in [1.29, 1.82) is 0 Å². The summed E-state index contributed by atoms with van der Waals surface area (Å²) in [6.45, 7) is 2.53. The van der Waals surface area contributed by atoms with Crippen LogP contribution in [0.5, 0.6) is 0 Å². The Balaban J connectivity index is 1.80. The van der Waals surface area contributed by atoms with Crippen molar-refractivity contribution in [2.75, 3.05) is 19.6 Å². The van der Waals surface area contributed by atoms with Crippen LogP contribution in [0.4, 0.5) is 17.6 Å². The zero-order valence-corrected chi connectivity index (χ0v) is 12.4. The molecule has 0 aromatic heterocycles.